The van der Waals surface area contributed by atoms with Crippen molar-refractivity contribution in [2.75, 3.05) is 46.5 Å². The molecule has 2 atom stereocenters. The summed E-state index contributed by atoms with van der Waals surface area (Å²) < 4.78 is 16.9. The molecule has 2 saturated heterocycles. The van der Waals surface area contributed by atoms with E-state index >= 15 is 0 Å². The third kappa shape index (κ3) is 5.01. The zero-order valence-electron chi connectivity index (χ0n) is 14.4. The van der Waals surface area contributed by atoms with E-state index < -0.39 is 0 Å². The van der Waals surface area contributed by atoms with Crippen LogP contribution >= 0.6 is 0 Å². The van der Waals surface area contributed by atoms with Gasteiger partial charge < -0.3 is 13.9 Å². The van der Waals surface area contributed by atoms with Crippen molar-refractivity contribution in [1.82, 2.24) is 14.8 Å². The van der Waals surface area contributed by atoms with E-state index in [9.17, 15) is 0 Å². The normalized spacial score (nSPS) is 25.7. The predicted molar refractivity (Wildman–Crippen MR) is 87.3 cm³/mol. The molecule has 0 amide bonds. The number of nitrogens with zero attached hydrogens (tertiary/aromatic N) is 3. The Bertz CT molecular complexity index is 473. The molecule has 0 aromatic carbocycles. The van der Waals surface area contributed by atoms with E-state index in [1.807, 2.05) is 6.92 Å². The number of aryl methyl sites for hydroxylation is 1. The third-order valence-corrected chi connectivity index (χ3v) is 4.80. The number of oxazole rings is 1. The van der Waals surface area contributed by atoms with Crippen LogP contribution in [0.2, 0.25) is 0 Å². The number of hydrogen-bond donors (Lipinski definition) is 0. The number of hydrogen-bond acceptors (Lipinski definition) is 6. The van der Waals surface area contributed by atoms with Crippen LogP contribution in [0.5, 0.6) is 0 Å². The molecular weight excluding hydrogens is 294 g/mol. The number of rotatable bonds is 8. The molecule has 0 unspecified atom stereocenters. The van der Waals surface area contributed by atoms with Crippen molar-refractivity contribution < 1.29 is 13.9 Å². The van der Waals surface area contributed by atoms with Gasteiger partial charge in [0.1, 0.15) is 5.76 Å². The Morgan fingerprint density at radius 1 is 1.43 bits per heavy atom. The summed E-state index contributed by atoms with van der Waals surface area (Å²) >= 11 is 0. The Morgan fingerprint density at radius 2 is 2.35 bits per heavy atom. The second-order valence-corrected chi connectivity index (χ2v) is 6.73. The minimum Gasteiger partial charge on any atom is -0.445 e. The molecular formula is C17H29N3O3. The van der Waals surface area contributed by atoms with Crippen LogP contribution in [0.25, 0.3) is 0 Å². The van der Waals surface area contributed by atoms with Gasteiger partial charge in [-0.1, -0.05) is 0 Å². The van der Waals surface area contributed by atoms with E-state index in [1.165, 1.54) is 12.8 Å². The van der Waals surface area contributed by atoms with Crippen molar-refractivity contribution in [2.45, 2.75) is 44.9 Å². The average Bonchev–Trinajstić information content (AvgIpc) is 3.25. The van der Waals surface area contributed by atoms with E-state index in [1.54, 1.807) is 6.20 Å². The maximum absolute atomic E-state index is 5.77. The summed E-state index contributed by atoms with van der Waals surface area (Å²) in [6, 6.07) is 0.570. The van der Waals surface area contributed by atoms with E-state index in [2.05, 4.69) is 21.8 Å². The van der Waals surface area contributed by atoms with Gasteiger partial charge in [-0.25, -0.2) is 4.98 Å². The van der Waals surface area contributed by atoms with Crippen LogP contribution in [0.1, 0.15) is 30.9 Å². The zero-order chi connectivity index (χ0) is 16.1. The Morgan fingerprint density at radius 3 is 3.09 bits per heavy atom. The van der Waals surface area contributed by atoms with E-state index in [4.69, 9.17) is 13.9 Å². The van der Waals surface area contributed by atoms with Crippen molar-refractivity contribution in [3.63, 3.8) is 0 Å². The van der Waals surface area contributed by atoms with Crippen LogP contribution in [-0.2, 0) is 16.0 Å². The van der Waals surface area contributed by atoms with Gasteiger partial charge in [0, 0.05) is 25.7 Å². The fraction of sp³-hybridized carbons (Fsp3) is 0.824. The van der Waals surface area contributed by atoms with Crippen LogP contribution in [0, 0.1) is 6.92 Å². The van der Waals surface area contributed by atoms with Crippen molar-refractivity contribution in [3.8, 4) is 0 Å². The molecule has 0 saturated carbocycles. The van der Waals surface area contributed by atoms with E-state index in [0.717, 1.165) is 64.1 Å². The first kappa shape index (κ1) is 16.9. The second-order valence-electron chi connectivity index (χ2n) is 6.73. The summed E-state index contributed by atoms with van der Waals surface area (Å²) in [5.74, 6) is 1.69. The minimum absolute atomic E-state index is 0.330. The number of likely N-dealkylation sites (N-methyl/N-ethyl adjacent to an activating group) is 1. The highest BCUT2D eigenvalue weighted by molar-refractivity contribution is 4.92. The van der Waals surface area contributed by atoms with Crippen molar-refractivity contribution >= 4 is 0 Å². The molecule has 2 aliphatic heterocycles. The summed E-state index contributed by atoms with van der Waals surface area (Å²) in [6.45, 7) is 8.41. The maximum Gasteiger partial charge on any atom is 0.208 e. The molecule has 3 rings (SSSR count). The monoisotopic (exact) mass is 323 g/mol. The third-order valence-electron chi connectivity index (χ3n) is 4.80. The van der Waals surface area contributed by atoms with Gasteiger partial charge in [0.15, 0.2) is 0 Å². The second kappa shape index (κ2) is 8.24. The number of ether oxygens (including phenoxy) is 2. The molecule has 2 fully saturated rings. The molecule has 1 aromatic heterocycles. The Hall–Kier alpha value is -0.950. The first-order chi connectivity index (χ1) is 11.2. The van der Waals surface area contributed by atoms with Gasteiger partial charge in [-0.3, -0.25) is 9.80 Å². The highest BCUT2D eigenvalue weighted by atomic mass is 16.5. The first-order valence-corrected chi connectivity index (χ1v) is 8.74. The molecule has 6 heteroatoms. The fourth-order valence-electron chi connectivity index (χ4n) is 3.38. The summed E-state index contributed by atoms with van der Waals surface area (Å²) in [5, 5.41) is 0. The Balaban J connectivity index is 1.31. The zero-order valence-corrected chi connectivity index (χ0v) is 14.4. The molecule has 0 aliphatic carbocycles. The molecule has 0 radical (unpaired) electrons. The van der Waals surface area contributed by atoms with E-state index in [0.29, 0.717) is 12.1 Å². The van der Waals surface area contributed by atoms with Crippen LogP contribution in [0.3, 0.4) is 0 Å². The summed E-state index contributed by atoms with van der Waals surface area (Å²) in [5.41, 5.74) is 0. The molecule has 3 heterocycles. The fourth-order valence-corrected chi connectivity index (χ4v) is 3.38. The van der Waals surface area contributed by atoms with Gasteiger partial charge in [0.05, 0.1) is 32.1 Å². The molecule has 2 aliphatic rings. The lowest BCUT2D eigenvalue weighted by Crippen LogP contribution is -2.35. The molecule has 1 aromatic rings. The molecule has 23 heavy (non-hydrogen) atoms. The van der Waals surface area contributed by atoms with Gasteiger partial charge in [0.2, 0.25) is 5.89 Å². The van der Waals surface area contributed by atoms with Crippen LogP contribution in [-0.4, -0.2) is 73.4 Å². The lowest BCUT2D eigenvalue weighted by atomic mass is 10.2. The number of likely N-dealkylation sites (tertiary alicyclic amines) is 1. The topological polar surface area (TPSA) is 51.0 Å². The predicted octanol–water partition coefficient (Wildman–Crippen LogP) is 1.68. The summed E-state index contributed by atoms with van der Waals surface area (Å²) in [6.07, 6.45) is 5.64. The smallest absolute Gasteiger partial charge is 0.208 e. The molecule has 6 nitrogen and oxygen atoms in total. The Labute approximate surface area is 138 Å². The van der Waals surface area contributed by atoms with Crippen molar-refractivity contribution in [1.29, 1.82) is 0 Å². The van der Waals surface area contributed by atoms with Gasteiger partial charge in [-0.2, -0.15) is 0 Å². The highest BCUT2D eigenvalue weighted by Gasteiger charge is 2.26. The molecule has 130 valence electrons. The van der Waals surface area contributed by atoms with Crippen LogP contribution in [0.4, 0.5) is 0 Å². The number of aromatic nitrogens is 1. The van der Waals surface area contributed by atoms with Crippen LogP contribution in [0.15, 0.2) is 10.6 Å². The lowest BCUT2D eigenvalue weighted by Gasteiger charge is -2.23. The van der Waals surface area contributed by atoms with E-state index in [-0.39, 0.29) is 0 Å². The van der Waals surface area contributed by atoms with Gasteiger partial charge in [0.25, 0.3) is 0 Å². The molecule has 0 spiro atoms. The summed E-state index contributed by atoms with van der Waals surface area (Å²) in [7, 11) is 2.15. The quantitative estimate of drug-likeness (QED) is 0.679. The Kier molecular flexibility index (Phi) is 6.05. The van der Waals surface area contributed by atoms with Crippen molar-refractivity contribution in [2.24, 2.45) is 0 Å². The van der Waals surface area contributed by atoms with Crippen molar-refractivity contribution in [3.05, 3.63) is 17.8 Å². The van der Waals surface area contributed by atoms with Gasteiger partial charge in [-0.05, 0) is 39.8 Å². The first-order valence-electron chi connectivity index (χ1n) is 8.74. The standard InChI is InChI=1S/C17H29N3O3/c1-14-10-18-17(23-14)12-19(2)15-5-6-20(11-15)7-9-21-13-16-4-3-8-22-16/h10,15-16H,3-9,11-13H2,1-2H3/t15-,16+/m1/s1. The molecule has 0 N–H and O–H groups in total. The summed E-state index contributed by atoms with van der Waals surface area (Å²) in [4.78, 5) is 9.12. The van der Waals surface area contributed by atoms with Crippen LogP contribution < -0.4 is 0 Å². The highest BCUT2D eigenvalue weighted by Crippen LogP contribution is 2.17. The largest absolute Gasteiger partial charge is 0.445 e. The van der Waals surface area contributed by atoms with Gasteiger partial charge in [-0.15, -0.1) is 0 Å². The van der Waals surface area contributed by atoms with Gasteiger partial charge >= 0.3 is 0 Å². The average molecular weight is 323 g/mol. The lowest BCUT2D eigenvalue weighted by molar-refractivity contribution is 0.0116. The SMILES string of the molecule is Cc1cnc(CN(C)[C@@H]2CCN(CCOC[C@@H]3CCCO3)C2)o1. The maximum atomic E-state index is 5.77. The molecule has 0 bridgehead atoms. The minimum atomic E-state index is 0.330.